The molecule has 3 heteroatoms. The summed E-state index contributed by atoms with van der Waals surface area (Å²) in [6.07, 6.45) is 29.2. The summed E-state index contributed by atoms with van der Waals surface area (Å²) in [4.78, 5) is 11.8. The molecule has 3 nitrogen and oxygen atoms in total. The van der Waals surface area contributed by atoms with Gasteiger partial charge >= 0.3 is 5.97 Å². The van der Waals surface area contributed by atoms with Crippen LogP contribution in [0.4, 0.5) is 0 Å². The number of esters is 1. The van der Waals surface area contributed by atoms with Gasteiger partial charge in [0.05, 0.1) is 27.2 Å². The van der Waals surface area contributed by atoms with E-state index in [1.807, 2.05) is 6.92 Å². The van der Waals surface area contributed by atoms with Crippen molar-refractivity contribution in [3.8, 4) is 0 Å². The van der Waals surface area contributed by atoms with Crippen LogP contribution in [-0.4, -0.2) is 44.2 Å². The van der Waals surface area contributed by atoms with E-state index >= 15 is 0 Å². The van der Waals surface area contributed by atoms with Gasteiger partial charge in [0.1, 0.15) is 0 Å². The van der Waals surface area contributed by atoms with Gasteiger partial charge in [-0.05, 0) is 19.3 Å². The van der Waals surface area contributed by atoms with Gasteiger partial charge < -0.3 is 9.22 Å². The van der Waals surface area contributed by atoms with Crippen LogP contribution in [0.5, 0.6) is 0 Å². The maximum atomic E-state index is 11.8. The maximum absolute atomic E-state index is 11.8. The Hall–Kier alpha value is -0.570. The molecule has 0 saturated carbocycles. The zero-order chi connectivity index (χ0) is 23.8. The fraction of sp³-hybridized carbons (Fsp3) is 0.966. The summed E-state index contributed by atoms with van der Waals surface area (Å²) >= 11 is 0. The van der Waals surface area contributed by atoms with Crippen LogP contribution < -0.4 is 0 Å². The molecular weight excluding hydrogens is 394 g/mol. The monoisotopic (exact) mass is 454 g/mol. The first-order valence-electron chi connectivity index (χ1n) is 14.5. The van der Waals surface area contributed by atoms with E-state index in [4.69, 9.17) is 4.74 Å². The Morgan fingerprint density at radius 3 is 1.22 bits per heavy atom. The van der Waals surface area contributed by atoms with Crippen LogP contribution >= 0.6 is 0 Å². The summed E-state index contributed by atoms with van der Waals surface area (Å²) in [6.45, 7) is 6.45. The van der Waals surface area contributed by atoms with Gasteiger partial charge in [0, 0.05) is 0 Å². The second-order valence-electron chi connectivity index (χ2n) is 10.8. The second kappa shape index (κ2) is 23.6. The minimum Gasteiger partial charge on any atom is -0.462 e. The van der Waals surface area contributed by atoms with E-state index in [-0.39, 0.29) is 5.97 Å². The molecule has 0 aliphatic rings. The van der Waals surface area contributed by atoms with Crippen molar-refractivity contribution in [3.63, 3.8) is 0 Å². The van der Waals surface area contributed by atoms with Crippen LogP contribution in [0.1, 0.15) is 149 Å². The van der Waals surface area contributed by atoms with Crippen molar-refractivity contribution < 1.29 is 14.0 Å². The molecule has 0 rings (SSSR count). The zero-order valence-electron chi connectivity index (χ0n) is 22.7. The number of nitrogens with zero attached hydrogens (tertiary/aromatic N) is 1. The molecule has 0 unspecified atom stereocenters. The number of quaternary nitrogens is 1. The third-order valence-corrected chi connectivity index (χ3v) is 6.64. The quantitative estimate of drug-likeness (QED) is 0.0782. The second-order valence-corrected chi connectivity index (χ2v) is 10.8. The molecule has 0 amide bonds. The normalized spacial score (nSPS) is 11.8. The summed E-state index contributed by atoms with van der Waals surface area (Å²) in [5.41, 5.74) is 0. The minimum atomic E-state index is -0.0509. The van der Waals surface area contributed by atoms with Crippen molar-refractivity contribution in [2.45, 2.75) is 149 Å². The molecule has 32 heavy (non-hydrogen) atoms. The Kier molecular flexibility index (Phi) is 23.2. The number of carbonyl (C=O) groups excluding carboxylic acids is 1. The lowest BCUT2D eigenvalue weighted by Gasteiger charge is -2.28. The average Bonchev–Trinajstić information content (AvgIpc) is 2.76. The molecule has 0 aliphatic heterocycles. The van der Waals surface area contributed by atoms with Crippen LogP contribution in [-0.2, 0) is 9.53 Å². The Morgan fingerprint density at radius 1 is 0.531 bits per heavy atom. The predicted octanol–water partition coefficient (Wildman–Crippen LogP) is 8.84. The highest BCUT2D eigenvalue weighted by Gasteiger charge is 2.20. The predicted molar refractivity (Wildman–Crippen MR) is 141 cm³/mol. The molecule has 0 atom stereocenters. The van der Waals surface area contributed by atoms with Crippen LogP contribution in [0, 0.1) is 0 Å². The molecule has 0 aromatic carbocycles. The van der Waals surface area contributed by atoms with E-state index in [0.29, 0.717) is 13.2 Å². The molecule has 192 valence electrons. The number of hydrogen-bond acceptors (Lipinski definition) is 2. The molecule has 0 N–H and O–H groups in total. The smallest absolute Gasteiger partial charge is 0.361 e. The van der Waals surface area contributed by atoms with Gasteiger partial charge in [0.25, 0.3) is 0 Å². The van der Waals surface area contributed by atoms with E-state index in [0.717, 1.165) is 17.4 Å². The number of hydrogen-bond donors (Lipinski definition) is 0. The molecule has 0 heterocycles. The van der Waals surface area contributed by atoms with Crippen molar-refractivity contribution in [2.24, 2.45) is 0 Å². The third-order valence-electron chi connectivity index (χ3n) is 6.64. The summed E-state index contributed by atoms with van der Waals surface area (Å²) in [5, 5.41) is 0. The molecule has 0 aromatic heterocycles. The Labute approximate surface area is 202 Å². The highest BCUT2D eigenvalue weighted by molar-refractivity contribution is 5.70. The summed E-state index contributed by atoms with van der Waals surface area (Å²) in [7, 11) is 4.28. The van der Waals surface area contributed by atoms with Gasteiger partial charge in [-0.15, -0.1) is 0 Å². The fourth-order valence-corrected chi connectivity index (χ4v) is 4.49. The van der Waals surface area contributed by atoms with E-state index in [9.17, 15) is 4.79 Å². The number of rotatable bonds is 25. The summed E-state index contributed by atoms with van der Waals surface area (Å²) in [5.74, 6) is -0.0509. The topological polar surface area (TPSA) is 26.3 Å². The van der Waals surface area contributed by atoms with Gasteiger partial charge in [-0.2, -0.15) is 0 Å². The van der Waals surface area contributed by atoms with Crippen molar-refractivity contribution in [3.05, 3.63) is 0 Å². The molecule has 0 bridgehead atoms. The van der Waals surface area contributed by atoms with Crippen LogP contribution in [0.15, 0.2) is 0 Å². The van der Waals surface area contributed by atoms with Gasteiger partial charge in [-0.1, -0.05) is 129 Å². The lowest BCUT2D eigenvalue weighted by atomic mass is 10.0. The minimum absolute atomic E-state index is 0.0509. The molecular formula is C29H60NO2+. The van der Waals surface area contributed by atoms with Gasteiger partial charge in [0.2, 0.25) is 0 Å². The fourth-order valence-electron chi connectivity index (χ4n) is 4.49. The van der Waals surface area contributed by atoms with Crippen LogP contribution in [0.2, 0.25) is 0 Å². The molecule has 0 fully saturated rings. The molecule has 0 spiro atoms. The average molecular weight is 455 g/mol. The largest absolute Gasteiger partial charge is 0.462 e. The first-order valence-corrected chi connectivity index (χ1v) is 14.5. The third kappa shape index (κ3) is 24.1. The number of ether oxygens (including phenoxy) is 1. The molecule has 0 aromatic rings. The van der Waals surface area contributed by atoms with Gasteiger partial charge in [0.15, 0.2) is 6.54 Å². The van der Waals surface area contributed by atoms with Gasteiger partial charge in [-0.25, -0.2) is 4.79 Å². The van der Waals surface area contributed by atoms with Crippen LogP contribution in [0.25, 0.3) is 0 Å². The van der Waals surface area contributed by atoms with Gasteiger partial charge in [-0.3, -0.25) is 0 Å². The molecule has 0 radical (unpaired) electrons. The van der Waals surface area contributed by atoms with E-state index in [1.165, 1.54) is 128 Å². The Bertz CT molecular complexity index is 395. The SMILES string of the molecule is CCCCCCCCCCCCCCCCCCCCCC[N+](C)(C)CC(=O)OCCC. The highest BCUT2D eigenvalue weighted by Crippen LogP contribution is 2.15. The number of likely N-dealkylation sites (N-methyl/N-ethyl adjacent to an activating group) is 1. The summed E-state index contributed by atoms with van der Waals surface area (Å²) < 4.78 is 5.97. The standard InChI is InChI=1S/C29H60NO2/c1-5-7-8-9-10-11-12-13-14-15-16-17-18-19-20-21-22-23-24-25-26-30(3,4)28-29(31)32-27-6-2/h5-28H2,1-4H3/q+1. The zero-order valence-corrected chi connectivity index (χ0v) is 22.7. The lowest BCUT2D eigenvalue weighted by molar-refractivity contribution is -0.883. The number of carbonyl (C=O) groups is 1. The summed E-state index contributed by atoms with van der Waals surface area (Å²) in [6, 6.07) is 0. The molecule has 0 aliphatic carbocycles. The number of unbranched alkanes of at least 4 members (excludes halogenated alkanes) is 19. The highest BCUT2D eigenvalue weighted by atomic mass is 16.5. The maximum Gasteiger partial charge on any atom is 0.361 e. The lowest BCUT2D eigenvalue weighted by Crippen LogP contribution is -2.45. The van der Waals surface area contributed by atoms with Crippen molar-refractivity contribution in [1.29, 1.82) is 0 Å². The first kappa shape index (κ1) is 31.4. The van der Waals surface area contributed by atoms with Crippen molar-refractivity contribution in [2.75, 3.05) is 33.8 Å². The first-order chi connectivity index (χ1) is 15.5. The Morgan fingerprint density at radius 2 is 0.875 bits per heavy atom. The van der Waals surface area contributed by atoms with Crippen LogP contribution in [0.3, 0.4) is 0 Å². The van der Waals surface area contributed by atoms with E-state index in [1.54, 1.807) is 0 Å². The van der Waals surface area contributed by atoms with E-state index in [2.05, 4.69) is 21.0 Å². The molecule has 0 saturated heterocycles. The van der Waals surface area contributed by atoms with Crippen molar-refractivity contribution >= 4 is 5.97 Å². The van der Waals surface area contributed by atoms with Crippen molar-refractivity contribution in [1.82, 2.24) is 0 Å². The Balaban J connectivity index is 3.25. The van der Waals surface area contributed by atoms with E-state index < -0.39 is 0 Å².